The normalized spacial score (nSPS) is 12.8. The molecule has 0 atom stereocenters. The Morgan fingerprint density at radius 1 is 0.862 bits per heavy atom. The topological polar surface area (TPSA) is 89.8 Å². The van der Waals surface area contributed by atoms with Gasteiger partial charge in [-0.25, -0.2) is 4.90 Å². The number of carbonyl (C=O) groups is 2. The molecular weight excluding hydrogens is 372 g/mol. The van der Waals surface area contributed by atoms with Gasteiger partial charge < -0.3 is 4.74 Å². The Morgan fingerprint density at radius 3 is 2.21 bits per heavy atom. The second-order valence-corrected chi connectivity index (χ2v) is 6.73. The van der Waals surface area contributed by atoms with Gasteiger partial charge in [-0.2, -0.15) is 0 Å². The lowest BCUT2D eigenvalue weighted by Gasteiger charge is -2.17. The summed E-state index contributed by atoms with van der Waals surface area (Å²) in [6.07, 6.45) is 0. The quantitative estimate of drug-likeness (QED) is 0.364. The molecule has 7 heteroatoms. The van der Waals surface area contributed by atoms with Crippen LogP contribution in [0.25, 0.3) is 0 Å². The lowest BCUT2D eigenvalue weighted by molar-refractivity contribution is -0.384. The zero-order chi connectivity index (χ0) is 20.7. The first-order valence-corrected chi connectivity index (χ1v) is 8.88. The Bertz CT molecular complexity index is 1170. The lowest BCUT2D eigenvalue weighted by Crippen LogP contribution is -2.30. The summed E-state index contributed by atoms with van der Waals surface area (Å²) in [7, 11) is 0. The van der Waals surface area contributed by atoms with Crippen molar-refractivity contribution in [2.75, 3.05) is 4.90 Å². The first kappa shape index (κ1) is 18.4. The van der Waals surface area contributed by atoms with Crippen LogP contribution in [0.3, 0.4) is 0 Å². The molecule has 0 saturated heterocycles. The molecule has 3 aromatic carbocycles. The molecule has 0 N–H and O–H groups in total. The number of carbonyl (C=O) groups excluding carboxylic acids is 2. The van der Waals surface area contributed by atoms with Crippen LogP contribution in [0.1, 0.15) is 31.8 Å². The van der Waals surface area contributed by atoms with Crippen LogP contribution >= 0.6 is 0 Å². The average molecular weight is 388 g/mol. The maximum Gasteiger partial charge on any atom is 0.269 e. The number of fused-ring (bicyclic) bond motifs is 1. The number of benzene rings is 3. The van der Waals surface area contributed by atoms with E-state index in [1.807, 2.05) is 26.0 Å². The maximum absolute atomic E-state index is 13.0. The van der Waals surface area contributed by atoms with Crippen molar-refractivity contribution in [3.63, 3.8) is 0 Å². The first-order chi connectivity index (χ1) is 13.9. The predicted molar refractivity (Wildman–Crippen MR) is 107 cm³/mol. The molecular formula is C22H16N2O5. The molecule has 4 rings (SSSR count). The third-order valence-corrected chi connectivity index (χ3v) is 4.96. The van der Waals surface area contributed by atoms with E-state index in [1.165, 1.54) is 35.2 Å². The number of rotatable bonds is 4. The zero-order valence-corrected chi connectivity index (χ0v) is 15.7. The number of aryl methyl sites for hydroxylation is 1. The van der Waals surface area contributed by atoms with E-state index in [2.05, 4.69) is 0 Å². The van der Waals surface area contributed by atoms with Crippen molar-refractivity contribution in [3.05, 3.63) is 93.0 Å². The van der Waals surface area contributed by atoms with Gasteiger partial charge in [-0.15, -0.1) is 0 Å². The smallest absolute Gasteiger partial charge is 0.269 e. The molecule has 3 aromatic rings. The van der Waals surface area contributed by atoms with Crippen LogP contribution in [0.5, 0.6) is 11.5 Å². The van der Waals surface area contributed by atoms with E-state index >= 15 is 0 Å². The molecule has 1 heterocycles. The maximum atomic E-state index is 13.0. The minimum absolute atomic E-state index is 0.0451. The lowest BCUT2D eigenvalue weighted by atomic mass is 10.1. The number of imide groups is 1. The molecule has 0 saturated carbocycles. The molecule has 0 aliphatic carbocycles. The summed E-state index contributed by atoms with van der Waals surface area (Å²) in [6.45, 7) is 3.80. The monoisotopic (exact) mass is 388 g/mol. The number of nitro benzene ring substituents is 1. The molecule has 29 heavy (non-hydrogen) atoms. The summed E-state index contributed by atoms with van der Waals surface area (Å²) in [5.74, 6) is -0.0336. The number of hydrogen-bond acceptors (Lipinski definition) is 5. The second kappa shape index (κ2) is 6.87. The van der Waals surface area contributed by atoms with Gasteiger partial charge in [0.1, 0.15) is 11.5 Å². The SMILES string of the molecule is Cc1cccc(N2C(=O)c3ccc(Oc4ccc([N+](=O)[O-])cc4)cc3C2=O)c1C. The third-order valence-electron chi connectivity index (χ3n) is 4.96. The number of anilines is 1. The van der Waals surface area contributed by atoms with Gasteiger partial charge >= 0.3 is 0 Å². The van der Waals surface area contributed by atoms with Crippen molar-refractivity contribution in [2.24, 2.45) is 0 Å². The Labute approximate surface area is 166 Å². The van der Waals surface area contributed by atoms with Crippen molar-refractivity contribution in [3.8, 4) is 11.5 Å². The van der Waals surface area contributed by atoms with E-state index in [0.717, 1.165) is 11.1 Å². The van der Waals surface area contributed by atoms with Crippen molar-refractivity contribution < 1.29 is 19.2 Å². The van der Waals surface area contributed by atoms with Crippen LogP contribution in [0.2, 0.25) is 0 Å². The predicted octanol–water partition coefficient (Wildman–Crippen LogP) is 4.80. The molecule has 2 amide bonds. The molecule has 1 aliphatic rings. The number of hydrogen-bond donors (Lipinski definition) is 0. The zero-order valence-electron chi connectivity index (χ0n) is 15.7. The number of non-ortho nitro benzene ring substituents is 1. The Balaban J connectivity index is 1.65. The van der Waals surface area contributed by atoms with Crippen LogP contribution in [-0.4, -0.2) is 16.7 Å². The van der Waals surface area contributed by atoms with Crippen LogP contribution in [0.4, 0.5) is 11.4 Å². The minimum atomic E-state index is -0.495. The number of ether oxygens (including phenoxy) is 1. The van der Waals surface area contributed by atoms with Crippen molar-refractivity contribution in [1.82, 2.24) is 0 Å². The highest BCUT2D eigenvalue weighted by Crippen LogP contribution is 2.34. The van der Waals surface area contributed by atoms with Gasteiger partial charge in [-0.1, -0.05) is 12.1 Å². The summed E-state index contributed by atoms with van der Waals surface area (Å²) >= 11 is 0. The van der Waals surface area contributed by atoms with Crippen LogP contribution in [-0.2, 0) is 0 Å². The summed E-state index contributed by atoms with van der Waals surface area (Å²) in [5, 5.41) is 10.7. The van der Waals surface area contributed by atoms with Gasteiger partial charge in [0.05, 0.1) is 21.7 Å². The fourth-order valence-electron chi connectivity index (χ4n) is 3.25. The van der Waals surface area contributed by atoms with E-state index in [1.54, 1.807) is 18.2 Å². The highest BCUT2D eigenvalue weighted by atomic mass is 16.6. The minimum Gasteiger partial charge on any atom is -0.457 e. The van der Waals surface area contributed by atoms with Crippen LogP contribution in [0, 0.1) is 24.0 Å². The summed E-state index contributed by atoms with van der Waals surface area (Å²) in [6, 6.07) is 15.8. The average Bonchev–Trinajstić information content (AvgIpc) is 2.95. The fourth-order valence-corrected chi connectivity index (χ4v) is 3.25. The molecule has 0 unspecified atom stereocenters. The second-order valence-electron chi connectivity index (χ2n) is 6.73. The summed E-state index contributed by atoms with van der Waals surface area (Å²) < 4.78 is 5.70. The van der Waals surface area contributed by atoms with Gasteiger partial charge in [0.25, 0.3) is 17.5 Å². The Morgan fingerprint density at radius 2 is 1.52 bits per heavy atom. The van der Waals surface area contributed by atoms with Crippen molar-refractivity contribution >= 4 is 23.2 Å². The highest BCUT2D eigenvalue weighted by Gasteiger charge is 2.37. The molecule has 0 radical (unpaired) electrons. The van der Waals surface area contributed by atoms with Crippen LogP contribution in [0.15, 0.2) is 60.7 Å². The van der Waals surface area contributed by atoms with Gasteiger partial charge in [-0.3, -0.25) is 19.7 Å². The van der Waals surface area contributed by atoms with Gasteiger partial charge in [0, 0.05) is 12.1 Å². The van der Waals surface area contributed by atoms with E-state index in [0.29, 0.717) is 22.7 Å². The Kier molecular flexibility index (Phi) is 4.35. The van der Waals surface area contributed by atoms with Gasteiger partial charge in [0.15, 0.2) is 0 Å². The number of amides is 2. The van der Waals surface area contributed by atoms with Crippen molar-refractivity contribution in [1.29, 1.82) is 0 Å². The molecule has 0 spiro atoms. The molecule has 0 aromatic heterocycles. The molecule has 0 bridgehead atoms. The van der Waals surface area contributed by atoms with E-state index in [-0.39, 0.29) is 17.2 Å². The highest BCUT2D eigenvalue weighted by molar-refractivity contribution is 6.34. The molecule has 0 fully saturated rings. The van der Waals surface area contributed by atoms with E-state index in [4.69, 9.17) is 4.74 Å². The van der Waals surface area contributed by atoms with Gasteiger partial charge in [0.2, 0.25) is 0 Å². The van der Waals surface area contributed by atoms with Gasteiger partial charge in [-0.05, 0) is 61.4 Å². The summed E-state index contributed by atoms with van der Waals surface area (Å²) in [4.78, 5) is 37.2. The standard InChI is InChI=1S/C22H16N2O5/c1-13-4-3-5-20(14(13)2)23-21(25)18-11-10-17(12-19(18)22(23)26)29-16-8-6-15(7-9-16)24(27)28/h3-12H,1-2H3. The van der Waals surface area contributed by atoms with Crippen molar-refractivity contribution in [2.45, 2.75) is 13.8 Å². The first-order valence-electron chi connectivity index (χ1n) is 8.88. The fraction of sp³-hybridized carbons (Fsp3) is 0.0909. The third kappa shape index (κ3) is 3.12. The summed E-state index contributed by atoms with van der Waals surface area (Å²) in [5.41, 5.74) is 2.94. The molecule has 7 nitrogen and oxygen atoms in total. The largest absolute Gasteiger partial charge is 0.457 e. The van der Waals surface area contributed by atoms with Crippen LogP contribution < -0.4 is 9.64 Å². The number of nitrogens with zero attached hydrogens (tertiary/aromatic N) is 2. The number of nitro groups is 1. The molecule has 1 aliphatic heterocycles. The van der Waals surface area contributed by atoms with E-state index < -0.39 is 10.8 Å². The Hall–Kier alpha value is -4.00. The van der Waals surface area contributed by atoms with E-state index in [9.17, 15) is 19.7 Å². The molecule has 144 valence electrons.